The summed E-state index contributed by atoms with van der Waals surface area (Å²) in [5, 5.41) is 2.21. The summed E-state index contributed by atoms with van der Waals surface area (Å²) in [6, 6.07) is 8.24. The molecule has 1 aliphatic rings. The Labute approximate surface area is 144 Å². The topological polar surface area (TPSA) is 35.5 Å². The maximum absolute atomic E-state index is 11.7. The first kappa shape index (κ1) is 16.8. The molecular formula is C21H25O3. The number of carbonyl (C=O) groups excluding carboxylic acids is 1. The Balaban J connectivity index is 2.33. The maximum atomic E-state index is 11.7. The van der Waals surface area contributed by atoms with E-state index in [1.165, 1.54) is 12.8 Å². The molecule has 1 radical (unpaired) electrons. The van der Waals surface area contributed by atoms with Gasteiger partial charge in [-0.2, -0.15) is 0 Å². The monoisotopic (exact) mass is 325 g/mol. The number of benzene rings is 2. The molecule has 2 aromatic carbocycles. The molecule has 0 aliphatic carbocycles. The minimum absolute atomic E-state index is 0.211. The highest BCUT2D eigenvalue weighted by molar-refractivity contribution is 5.96. The molecule has 1 aliphatic heterocycles. The third kappa shape index (κ3) is 3.12. The molecule has 3 rings (SSSR count). The highest BCUT2D eigenvalue weighted by Gasteiger charge is 2.32. The highest BCUT2D eigenvalue weighted by Crippen LogP contribution is 2.47. The number of carbonyl (C=O) groups is 1. The zero-order chi connectivity index (χ0) is 17.5. The summed E-state index contributed by atoms with van der Waals surface area (Å²) < 4.78 is 12.0. The van der Waals surface area contributed by atoms with Gasteiger partial charge in [-0.1, -0.05) is 38.1 Å². The minimum atomic E-state index is -0.285. The molecule has 0 fully saturated rings. The highest BCUT2D eigenvalue weighted by atomic mass is 16.5. The summed E-state index contributed by atoms with van der Waals surface area (Å²) in [7, 11) is 0. The average Bonchev–Trinajstić information content (AvgIpc) is 2.49. The molecule has 0 bridgehead atoms. The fourth-order valence-electron chi connectivity index (χ4n) is 3.41. The van der Waals surface area contributed by atoms with Crippen LogP contribution in [0, 0.1) is 5.92 Å². The molecule has 0 saturated carbocycles. The van der Waals surface area contributed by atoms with Gasteiger partial charge in [-0.05, 0) is 44.4 Å². The van der Waals surface area contributed by atoms with Gasteiger partial charge in [0.2, 0.25) is 0 Å². The van der Waals surface area contributed by atoms with Gasteiger partial charge in [0.15, 0.2) is 0 Å². The Morgan fingerprint density at radius 2 is 1.83 bits per heavy atom. The van der Waals surface area contributed by atoms with Crippen LogP contribution in [0.1, 0.15) is 52.2 Å². The molecular weight excluding hydrogens is 300 g/mol. The van der Waals surface area contributed by atoms with Gasteiger partial charge >= 0.3 is 5.97 Å². The van der Waals surface area contributed by atoms with Crippen LogP contribution in [0.3, 0.4) is 0 Å². The van der Waals surface area contributed by atoms with E-state index in [0.29, 0.717) is 5.75 Å². The molecule has 0 amide bonds. The maximum Gasteiger partial charge on any atom is 0.308 e. The van der Waals surface area contributed by atoms with Gasteiger partial charge in [0.1, 0.15) is 17.1 Å². The largest absolute Gasteiger partial charge is 0.487 e. The Hall–Kier alpha value is -2.03. The van der Waals surface area contributed by atoms with Crippen LogP contribution in [0.25, 0.3) is 10.8 Å². The van der Waals surface area contributed by atoms with Crippen molar-refractivity contribution in [2.24, 2.45) is 0 Å². The van der Waals surface area contributed by atoms with Gasteiger partial charge in [0, 0.05) is 23.4 Å². The minimum Gasteiger partial charge on any atom is -0.487 e. The lowest BCUT2D eigenvalue weighted by Gasteiger charge is -2.35. The molecule has 127 valence electrons. The third-order valence-corrected chi connectivity index (χ3v) is 4.45. The number of fused-ring (bicyclic) bond motifs is 3. The smallest absolute Gasteiger partial charge is 0.308 e. The van der Waals surface area contributed by atoms with Crippen molar-refractivity contribution in [3.05, 3.63) is 41.3 Å². The van der Waals surface area contributed by atoms with Crippen molar-refractivity contribution in [2.45, 2.75) is 59.5 Å². The van der Waals surface area contributed by atoms with Gasteiger partial charge in [0.05, 0.1) is 0 Å². The molecule has 2 aromatic rings. The van der Waals surface area contributed by atoms with E-state index < -0.39 is 0 Å². The molecule has 0 unspecified atom stereocenters. The van der Waals surface area contributed by atoms with Crippen LogP contribution in [-0.4, -0.2) is 11.6 Å². The van der Waals surface area contributed by atoms with E-state index in [1.54, 1.807) is 0 Å². The lowest BCUT2D eigenvalue weighted by Crippen LogP contribution is -2.33. The van der Waals surface area contributed by atoms with E-state index in [2.05, 4.69) is 39.8 Å². The standard InChI is InChI=1S/C21H25O3/c1-13(2)12-18-15-8-6-7-9-16(15)20-17(19(18)23-14(3)22)10-11-21(4,5)24-20/h6-9H,10-12H2,1-5H3. The van der Waals surface area contributed by atoms with E-state index in [-0.39, 0.29) is 11.6 Å². The lowest BCUT2D eigenvalue weighted by molar-refractivity contribution is -0.132. The first-order valence-electron chi connectivity index (χ1n) is 8.51. The van der Waals surface area contributed by atoms with E-state index in [9.17, 15) is 4.79 Å². The van der Waals surface area contributed by atoms with Gasteiger partial charge in [-0.15, -0.1) is 0 Å². The zero-order valence-corrected chi connectivity index (χ0v) is 15.2. The second kappa shape index (κ2) is 6.12. The Morgan fingerprint density at radius 3 is 2.46 bits per heavy atom. The predicted octanol–water partition coefficient (Wildman–Crippen LogP) is 5.03. The second-order valence-electron chi connectivity index (χ2n) is 7.50. The quantitative estimate of drug-likeness (QED) is 0.587. The Bertz CT molecular complexity index is 787. The summed E-state index contributed by atoms with van der Waals surface area (Å²) in [6.45, 7) is 9.88. The summed E-state index contributed by atoms with van der Waals surface area (Å²) in [5.74, 6) is 2.57. The molecule has 0 aromatic heterocycles. The van der Waals surface area contributed by atoms with Crippen molar-refractivity contribution >= 4 is 16.7 Å². The van der Waals surface area contributed by atoms with Crippen LogP contribution in [0.4, 0.5) is 0 Å². The molecule has 24 heavy (non-hydrogen) atoms. The normalized spacial score (nSPS) is 15.9. The van der Waals surface area contributed by atoms with Crippen molar-refractivity contribution in [1.82, 2.24) is 0 Å². The lowest BCUT2D eigenvalue weighted by atomic mass is 9.87. The molecule has 1 heterocycles. The van der Waals surface area contributed by atoms with Crippen molar-refractivity contribution in [3.8, 4) is 11.5 Å². The van der Waals surface area contributed by atoms with Crippen molar-refractivity contribution in [3.63, 3.8) is 0 Å². The molecule has 0 atom stereocenters. The van der Waals surface area contributed by atoms with Gasteiger partial charge < -0.3 is 9.47 Å². The Morgan fingerprint density at radius 1 is 1.17 bits per heavy atom. The van der Waals surface area contributed by atoms with Crippen LogP contribution in [0.2, 0.25) is 0 Å². The van der Waals surface area contributed by atoms with E-state index in [0.717, 1.165) is 46.9 Å². The number of esters is 1. The molecule has 0 N–H and O–H groups in total. The number of hydrogen-bond donors (Lipinski definition) is 0. The Kier molecular flexibility index (Phi) is 4.29. The van der Waals surface area contributed by atoms with Crippen LogP contribution < -0.4 is 9.47 Å². The van der Waals surface area contributed by atoms with Crippen molar-refractivity contribution < 1.29 is 14.3 Å². The summed E-state index contributed by atoms with van der Waals surface area (Å²) in [5.41, 5.74) is 1.90. The van der Waals surface area contributed by atoms with Crippen LogP contribution in [0.5, 0.6) is 11.5 Å². The number of hydrogen-bond acceptors (Lipinski definition) is 3. The number of ether oxygens (including phenoxy) is 2. The van der Waals surface area contributed by atoms with Crippen LogP contribution in [0.15, 0.2) is 24.3 Å². The molecule has 0 spiro atoms. The summed E-state index contributed by atoms with van der Waals surface area (Å²) >= 11 is 0. The van der Waals surface area contributed by atoms with E-state index >= 15 is 0 Å². The SMILES string of the molecule is C[C](C)Cc1c(OC(C)=O)c2c(c3ccccc13)OC(C)(C)CC2. The second-order valence-corrected chi connectivity index (χ2v) is 7.50. The summed E-state index contributed by atoms with van der Waals surface area (Å²) in [6.07, 6.45) is 2.55. The van der Waals surface area contributed by atoms with Crippen LogP contribution in [-0.2, 0) is 17.6 Å². The van der Waals surface area contributed by atoms with Crippen molar-refractivity contribution in [1.29, 1.82) is 0 Å². The zero-order valence-electron chi connectivity index (χ0n) is 15.2. The number of rotatable bonds is 3. The molecule has 0 saturated heterocycles. The average molecular weight is 325 g/mol. The predicted molar refractivity (Wildman–Crippen MR) is 96.6 cm³/mol. The third-order valence-electron chi connectivity index (χ3n) is 4.45. The van der Waals surface area contributed by atoms with E-state index in [1.807, 2.05) is 12.1 Å². The van der Waals surface area contributed by atoms with E-state index in [4.69, 9.17) is 9.47 Å². The van der Waals surface area contributed by atoms with Gasteiger partial charge in [-0.3, -0.25) is 4.79 Å². The molecule has 3 nitrogen and oxygen atoms in total. The van der Waals surface area contributed by atoms with Gasteiger partial charge in [-0.25, -0.2) is 0 Å². The summed E-state index contributed by atoms with van der Waals surface area (Å²) in [4.78, 5) is 11.7. The molecule has 3 heteroatoms. The van der Waals surface area contributed by atoms with Crippen molar-refractivity contribution in [2.75, 3.05) is 0 Å². The fourth-order valence-corrected chi connectivity index (χ4v) is 3.41. The fraction of sp³-hybridized carbons (Fsp3) is 0.429. The van der Waals surface area contributed by atoms with Gasteiger partial charge in [0.25, 0.3) is 0 Å². The first-order valence-corrected chi connectivity index (χ1v) is 8.51. The van der Waals surface area contributed by atoms with Crippen LogP contribution >= 0.6 is 0 Å². The first-order chi connectivity index (χ1) is 11.3.